The van der Waals surface area contributed by atoms with Gasteiger partial charge in [-0.3, -0.25) is 4.79 Å². The number of nitrogens with zero attached hydrogens (tertiary/aromatic N) is 1. The van der Waals surface area contributed by atoms with Crippen LogP contribution in [0.1, 0.15) is 16.8 Å². The van der Waals surface area contributed by atoms with Crippen LogP contribution < -0.4 is 5.32 Å². The molecule has 4 heteroatoms. The van der Waals surface area contributed by atoms with Crippen LogP contribution in [-0.4, -0.2) is 23.9 Å². The molecule has 4 rings (SSSR count). The molecule has 0 radical (unpaired) electrons. The summed E-state index contributed by atoms with van der Waals surface area (Å²) in [6, 6.07) is 13.3. The summed E-state index contributed by atoms with van der Waals surface area (Å²) in [7, 11) is 0. The van der Waals surface area contributed by atoms with Crippen LogP contribution in [0, 0.1) is 5.92 Å². The van der Waals surface area contributed by atoms with E-state index in [1.165, 1.54) is 0 Å². The van der Waals surface area contributed by atoms with Crippen LogP contribution in [0.3, 0.4) is 0 Å². The van der Waals surface area contributed by atoms with Crippen molar-refractivity contribution >= 4 is 16.7 Å². The lowest BCUT2D eigenvalue weighted by Gasteiger charge is -2.26. The van der Waals surface area contributed by atoms with Crippen LogP contribution >= 0.6 is 0 Å². The first-order valence-electron chi connectivity index (χ1n) is 7.49. The van der Waals surface area contributed by atoms with Gasteiger partial charge in [-0.1, -0.05) is 18.2 Å². The Hall–Kier alpha value is -2.46. The lowest BCUT2D eigenvalue weighted by molar-refractivity contribution is 0.0947. The highest BCUT2D eigenvalue weighted by Gasteiger charge is 2.23. The van der Waals surface area contributed by atoms with E-state index in [1.54, 1.807) is 6.26 Å². The lowest BCUT2D eigenvalue weighted by Crippen LogP contribution is -2.42. The minimum absolute atomic E-state index is 0.179. The number of furan rings is 1. The molecule has 0 spiro atoms. The second-order valence-electron chi connectivity index (χ2n) is 5.70. The molecule has 1 aliphatic heterocycles. The van der Waals surface area contributed by atoms with Crippen molar-refractivity contribution in [1.82, 2.24) is 10.3 Å². The molecular formula is C18H16N2O2. The maximum absolute atomic E-state index is 12.7. The molecule has 1 aromatic carbocycles. The third-order valence-corrected chi connectivity index (χ3v) is 4.13. The van der Waals surface area contributed by atoms with E-state index < -0.39 is 0 Å². The molecule has 0 saturated carbocycles. The quantitative estimate of drug-likeness (QED) is 0.750. The molecule has 0 atom stereocenters. The van der Waals surface area contributed by atoms with Gasteiger partial charge in [0, 0.05) is 17.4 Å². The molecule has 0 unspecified atom stereocenters. The highest BCUT2D eigenvalue weighted by Crippen LogP contribution is 2.27. The summed E-state index contributed by atoms with van der Waals surface area (Å²) in [5, 5.41) is 4.12. The second kappa shape index (κ2) is 5.39. The zero-order valence-corrected chi connectivity index (χ0v) is 12.1. The smallest absolute Gasteiger partial charge is 0.164 e. The standard InChI is InChI=1S/C18H16N2O2/c21-17(8-12-10-19-11-12)14-9-16(18-6-3-7-22-18)20-15-5-2-1-4-13(14)15/h1-7,9,12,19H,8,10-11H2. The first-order valence-corrected chi connectivity index (χ1v) is 7.49. The molecule has 0 amide bonds. The van der Waals surface area contributed by atoms with E-state index >= 15 is 0 Å². The minimum Gasteiger partial charge on any atom is -0.463 e. The number of hydrogen-bond acceptors (Lipinski definition) is 4. The molecule has 0 aliphatic carbocycles. The number of fused-ring (bicyclic) bond motifs is 1. The van der Waals surface area contributed by atoms with Crippen molar-refractivity contribution < 1.29 is 9.21 Å². The molecular weight excluding hydrogens is 276 g/mol. The van der Waals surface area contributed by atoms with Crippen LogP contribution in [0.2, 0.25) is 0 Å². The van der Waals surface area contributed by atoms with E-state index in [0.717, 1.165) is 29.6 Å². The van der Waals surface area contributed by atoms with Gasteiger partial charge in [0.1, 0.15) is 5.69 Å². The number of para-hydroxylation sites is 1. The summed E-state index contributed by atoms with van der Waals surface area (Å²) >= 11 is 0. The number of Topliss-reactive ketones (excluding diaryl/α,β-unsaturated/α-hetero) is 1. The predicted molar refractivity (Wildman–Crippen MR) is 84.8 cm³/mol. The third kappa shape index (κ3) is 2.31. The van der Waals surface area contributed by atoms with E-state index in [9.17, 15) is 4.79 Å². The molecule has 1 aliphatic rings. The summed E-state index contributed by atoms with van der Waals surface area (Å²) in [6.07, 6.45) is 2.20. The molecule has 1 saturated heterocycles. The molecule has 22 heavy (non-hydrogen) atoms. The summed E-state index contributed by atoms with van der Waals surface area (Å²) < 4.78 is 5.43. The number of carbonyl (C=O) groups is 1. The molecule has 0 bridgehead atoms. The Bertz CT molecular complexity index is 820. The Morgan fingerprint density at radius 1 is 1.23 bits per heavy atom. The van der Waals surface area contributed by atoms with Gasteiger partial charge in [-0.2, -0.15) is 0 Å². The van der Waals surface area contributed by atoms with Gasteiger partial charge in [0.05, 0.1) is 11.8 Å². The van der Waals surface area contributed by atoms with Gasteiger partial charge in [0.2, 0.25) is 0 Å². The highest BCUT2D eigenvalue weighted by molar-refractivity contribution is 6.08. The first kappa shape index (κ1) is 13.2. The van der Waals surface area contributed by atoms with Crippen LogP contribution in [0.25, 0.3) is 22.4 Å². The predicted octanol–water partition coefficient (Wildman–Crippen LogP) is 3.29. The Labute approximate surface area is 128 Å². The van der Waals surface area contributed by atoms with Crippen molar-refractivity contribution in [3.8, 4) is 11.5 Å². The van der Waals surface area contributed by atoms with E-state index in [1.807, 2.05) is 42.5 Å². The fraction of sp³-hybridized carbons (Fsp3) is 0.222. The van der Waals surface area contributed by atoms with E-state index in [0.29, 0.717) is 23.8 Å². The number of benzene rings is 1. The zero-order valence-electron chi connectivity index (χ0n) is 12.1. The SMILES string of the molecule is O=C(CC1CNC1)c1cc(-c2ccco2)nc2ccccc12. The zero-order chi connectivity index (χ0) is 14.9. The average Bonchev–Trinajstić information content (AvgIpc) is 3.04. The van der Waals surface area contributed by atoms with E-state index in [-0.39, 0.29) is 5.78 Å². The van der Waals surface area contributed by atoms with Crippen LogP contribution in [0.5, 0.6) is 0 Å². The molecule has 4 nitrogen and oxygen atoms in total. The van der Waals surface area contributed by atoms with Gasteiger partial charge >= 0.3 is 0 Å². The van der Waals surface area contributed by atoms with Gasteiger partial charge in [-0.25, -0.2) is 4.98 Å². The molecule has 1 N–H and O–H groups in total. The number of aromatic nitrogens is 1. The topological polar surface area (TPSA) is 55.1 Å². The van der Waals surface area contributed by atoms with Crippen molar-refractivity contribution in [2.24, 2.45) is 5.92 Å². The molecule has 3 aromatic rings. The molecule has 1 fully saturated rings. The van der Waals surface area contributed by atoms with Crippen molar-refractivity contribution in [2.75, 3.05) is 13.1 Å². The van der Waals surface area contributed by atoms with Crippen molar-refractivity contribution in [1.29, 1.82) is 0 Å². The van der Waals surface area contributed by atoms with Gasteiger partial charge in [-0.05, 0) is 43.3 Å². The number of rotatable bonds is 4. The Morgan fingerprint density at radius 3 is 2.82 bits per heavy atom. The van der Waals surface area contributed by atoms with Crippen LogP contribution in [0.4, 0.5) is 0 Å². The van der Waals surface area contributed by atoms with Crippen LogP contribution in [-0.2, 0) is 0 Å². The Kier molecular flexibility index (Phi) is 3.24. The lowest BCUT2D eigenvalue weighted by atomic mass is 9.92. The fourth-order valence-corrected chi connectivity index (χ4v) is 2.82. The monoisotopic (exact) mass is 292 g/mol. The first-order chi connectivity index (χ1) is 10.8. The molecule has 3 heterocycles. The normalized spacial score (nSPS) is 14.9. The highest BCUT2D eigenvalue weighted by atomic mass is 16.3. The summed E-state index contributed by atoms with van der Waals surface area (Å²) in [6.45, 7) is 1.86. The van der Waals surface area contributed by atoms with Gasteiger partial charge in [0.25, 0.3) is 0 Å². The Balaban J connectivity index is 1.81. The maximum Gasteiger partial charge on any atom is 0.164 e. The van der Waals surface area contributed by atoms with Gasteiger partial charge < -0.3 is 9.73 Å². The summed E-state index contributed by atoms with van der Waals surface area (Å²) in [5.41, 5.74) is 2.27. The number of nitrogens with one attached hydrogen (secondary N) is 1. The minimum atomic E-state index is 0.179. The fourth-order valence-electron chi connectivity index (χ4n) is 2.82. The molecule has 2 aromatic heterocycles. The van der Waals surface area contributed by atoms with E-state index in [4.69, 9.17) is 4.42 Å². The van der Waals surface area contributed by atoms with Crippen molar-refractivity contribution in [3.05, 3.63) is 54.3 Å². The number of hydrogen-bond donors (Lipinski definition) is 1. The number of carbonyl (C=O) groups excluding carboxylic acids is 1. The number of pyridine rings is 1. The number of ketones is 1. The third-order valence-electron chi connectivity index (χ3n) is 4.13. The Morgan fingerprint density at radius 2 is 2.09 bits per heavy atom. The van der Waals surface area contributed by atoms with Crippen molar-refractivity contribution in [2.45, 2.75) is 6.42 Å². The van der Waals surface area contributed by atoms with Crippen molar-refractivity contribution in [3.63, 3.8) is 0 Å². The second-order valence-corrected chi connectivity index (χ2v) is 5.70. The molecule has 110 valence electrons. The summed E-state index contributed by atoms with van der Waals surface area (Å²) in [5.74, 6) is 1.31. The van der Waals surface area contributed by atoms with Gasteiger partial charge in [0.15, 0.2) is 11.5 Å². The van der Waals surface area contributed by atoms with E-state index in [2.05, 4.69) is 10.3 Å². The summed E-state index contributed by atoms with van der Waals surface area (Å²) in [4.78, 5) is 17.3. The van der Waals surface area contributed by atoms with Crippen LogP contribution in [0.15, 0.2) is 53.1 Å². The van der Waals surface area contributed by atoms with Gasteiger partial charge in [-0.15, -0.1) is 0 Å². The maximum atomic E-state index is 12.7. The average molecular weight is 292 g/mol. The largest absolute Gasteiger partial charge is 0.463 e.